The lowest BCUT2D eigenvalue weighted by Crippen LogP contribution is -2.45. The molecular formula is C26H29FN6O. The highest BCUT2D eigenvalue weighted by Crippen LogP contribution is 2.33. The molecule has 176 valence electrons. The Morgan fingerprint density at radius 2 is 2.03 bits per heavy atom. The number of nitrogens with two attached hydrogens (primary N) is 1. The molecule has 4 rings (SSSR count). The monoisotopic (exact) mass is 460 g/mol. The van der Waals surface area contributed by atoms with E-state index in [4.69, 9.17) is 15.9 Å². The van der Waals surface area contributed by atoms with Gasteiger partial charge >= 0.3 is 0 Å². The number of hydrogen-bond donors (Lipinski definition) is 3. The number of nitrogens with zero attached hydrogens (tertiary/aromatic N) is 4. The van der Waals surface area contributed by atoms with E-state index in [0.717, 1.165) is 17.5 Å². The molecule has 4 N–H and O–H groups in total. The second-order valence-electron chi connectivity index (χ2n) is 8.69. The van der Waals surface area contributed by atoms with E-state index in [1.807, 2.05) is 62.5 Å². The Morgan fingerprint density at radius 1 is 1.26 bits per heavy atom. The molecule has 8 heteroatoms. The van der Waals surface area contributed by atoms with E-state index >= 15 is 0 Å². The van der Waals surface area contributed by atoms with Crippen LogP contribution in [-0.2, 0) is 13.5 Å². The summed E-state index contributed by atoms with van der Waals surface area (Å²) in [6, 6.07) is 17.7. The van der Waals surface area contributed by atoms with Gasteiger partial charge in [-0.1, -0.05) is 78.8 Å². The van der Waals surface area contributed by atoms with Crippen molar-refractivity contribution >= 4 is 5.84 Å². The lowest BCUT2D eigenvalue weighted by molar-refractivity contribution is 0.317. The van der Waals surface area contributed by atoms with Crippen LogP contribution in [0.3, 0.4) is 0 Å². The first-order valence-corrected chi connectivity index (χ1v) is 11.2. The van der Waals surface area contributed by atoms with Crippen LogP contribution in [0.15, 0.2) is 83.3 Å². The van der Waals surface area contributed by atoms with Crippen molar-refractivity contribution in [2.24, 2.45) is 17.9 Å². The van der Waals surface area contributed by atoms with Gasteiger partial charge in [0.15, 0.2) is 11.7 Å². The number of nitrogens with one attached hydrogen (secondary N) is 1. The number of hydrogen-bond acceptors (Lipinski definition) is 5. The van der Waals surface area contributed by atoms with Gasteiger partial charge in [0.25, 0.3) is 0 Å². The molecule has 34 heavy (non-hydrogen) atoms. The lowest BCUT2D eigenvalue weighted by Gasteiger charge is -2.34. The van der Waals surface area contributed by atoms with Gasteiger partial charge in [-0.05, 0) is 24.5 Å². The summed E-state index contributed by atoms with van der Waals surface area (Å²) in [6.45, 7) is 4.02. The van der Waals surface area contributed by atoms with E-state index in [9.17, 15) is 4.39 Å². The van der Waals surface area contributed by atoms with Crippen molar-refractivity contribution in [1.29, 1.82) is 0 Å². The first kappa shape index (κ1) is 23.4. The molecule has 0 amide bonds. The number of rotatable bonds is 7. The van der Waals surface area contributed by atoms with Gasteiger partial charge in [0.1, 0.15) is 11.7 Å². The van der Waals surface area contributed by atoms with Gasteiger partial charge in [0.2, 0.25) is 0 Å². The van der Waals surface area contributed by atoms with Gasteiger partial charge < -0.3 is 10.9 Å². The third-order valence-electron chi connectivity index (χ3n) is 6.07. The fourth-order valence-corrected chi connectivity index (χ4v) is 4.19. The fraction of sp³-hybridized carbons (Fsp3) is 0.269. The van der Waals surface area contributed by atoms with Crippen LogP contribution in [-0.4, -0.2) is 31.3 Å². The highest BCUT2D eigenvalue weighted by atomic mass is 19.1. The van der Waals surface area contributed by atoms with Crippen LogP contribution in [0, 0.1) is 0 Å². The summed E-state index contributed by atoms with van der Waals surface area (Å²) in [4.78, 5) is 4.87. The maximum atomic E-state index is 14.9. The lowest BCUT2D eigenvalue weighted by atomic mass is 9.87. The van der Waals surface area contributed by atoms with Crippen LogP contribution in [0.5, 0.6) is 0 Å². The summed E-state index contributed by atoms with van der Waals surface area (Å²) in [7, 11) is 1.86. The molecule has 2 aromatic carbocycles. The minimum atomic E-state index is -0.741. The van der Waals surface area contributed by atoms with Crippen molar-refractivity contribution in [3.8, 4) is 11.4 Å². The molecule has 0 saturated carbocycles. The molecule has 0 bridgehead atoms. The number of aromatic nitrogens is 3. The van der Waals surface area contributed by atoms with Gasteiger partial charge in [-0.15, -0.1) is 0 Å². The number of oxime groups is 1. The SMILES string of the molecule is CCc1cccc(C(NC2(C)C=CC(/C(N)=N/O)=C(F)C2)c2nc(-c3ccccc3)nn2C)c1. The zero-order chi connectivity index (χ0) is 24.3. The average Bonchev–Trinajstić information content (AvgIpc) is 3.24. The van der Waals surface area contributed by atoms with Crippen molar-refractivity contribution in [2.45, 2.75) is 38.3 Å². The van der Waals surface area contributed by atoms with Gasteiger partial charge in [-0.3, -0.25) is 10.00 Å². The molecule has 7 nitrogen and oxygen atoms in total. The van der Waals surface area contributed by atoms with E-state index in [1.54, 1.807) is 10.8 Å². The molecule has 1 aromatic heterocycles. The number of amidine groups is 1. The highest BCUT2D eigenvalue weighted by molar-refractivity contribution is 5.99. The molecule has 2 unspecified atom stereocenters. The van der Waals surface area contributed by atoms with Crippen molar-refractivity contribution < 1.29 is 9.60 Å². The molecule has 1 aliphatic carbocycles. The van der Waals surface area contributed by atoms with Crippen LogP contribution in [0.1, 0.15) is 43.3 Å². The van der Waals surface area contributed by atoms with Crippen LogP contribution >= 0.6 is 0 Å². The van der Waals surface area contributed by atoms with E-state index in [-0.39, 0.29) is 23.9 Å². The molecule has 0 spiro atoms. The standard InChI is InChI=1S/C26H29FN6O/c1-4-17-9-8-12-19(15-17)22(25-29-24(31-33(25)3)18-10-6-5-7-11-18)30-26(2)14-13-20(21(27)16-26)23(28)32-34/h5-15,22,30,34H,4,16H2,1-3H3,(H2,28,32). The molecule has 1 aliphatic rings. The van der Waals surface area contributed by atoms with Crippen LogP contribution in [0.2, 0.25) is 0 Å². The molecule has 0 aliphatic heterocycles. The third kappa shape index (κ3) is 4.77. The summed E-state index contributed by atoms with van der Waals surface area (Å²) in [5.41, 5.74) is 8.11. The second kappa shape index (κ2) is 9.61. The van der Waals surface area contributed by atoms with E-state index < -0.39 is 11.4 Å². The molecule has 2 atom stereocenters. The van der Waals surface area contributed by atoms with Crippen LogP contribution in [0.4, 0.5) is 4.39 Å². The largest absolute Gasteiger partial charge is 0.409 e. The van der Waals surface area contributed by atoms with Gasteiger partial charge in [0, 0.05) is 24.6 Å². The molecule has 0 radical (unpaired) electrons. The minimum Gasteiger partial charge on any atom is -0.409 e. The number of halogens is 1. The van der Waals surface area contributed by atoms with Gasteiger partial charge in [-0.2, -0.15) is 5.10 Å². The third-order valence-corrected chi connectivity index (χ3v) is 6.07. The molecule has 1 heterocycles. The fourth-order valence-electron chi connectivity index (χ4n) is 4.19. The van der Waals surface area contributed by atoms with Gasteiger partial charge in [-0.25, -0.2) is 9.37 Å². The number of aryl methyl sites for hydroxylation is 2. The Morgan fingerprint density at radius 3 is 2.71 bits per heavy atom. The Kier molecular flexibility index (Phi) is 6.61. The predicted octanol–water partition coefficient (Wildman–Crippen LogP) is 4.41. The first-order valence-electron chi connectivity index (χ1n) is 11.2. The highest BCUT2D eigenvalue weighted by Gasteiger charge is 2.34. The first-order chi connectivity index (χ1) is 16.3. The molecule has 0 fully saturated rings. The maximum absolute atomic E-state index is 14.9. The van der Waals surface area contributed by atoms with Crippen LogP contribution in [0.25, 0.3) is 11.4 Å². The summed E-state index contributed by atoms with van der Waals surface area (Å²) in [5, 5.41) is 20.1. The maximum Gasteiger partial charge on any atom is 0.181 e. The summed E-state index contributed by atoms with van der Waals surface area (Å²) >= 11 is 0. The van der Waals surface area contributed by atoms with Crippen LogP contribution < -0.4 is 11.1 Å². The molecular weight excluding hydrogens is 431 g/mol. The zero-order valence-electron chi connectivity index (χ0n) is 19.5. The summed E-state index contributed by atoms with van der Waals surface area (Å²) in [5.74, 6) is 0.648. The normalized spacial score (nSPS) is 19.5. The molecule has 3 aromatic rings. The molecule has 0 saturated heterocycles. The smallest absolute Gasteiger partial charge is 0.181 e. The average molecular weight is 461 g/mol. The Labute approximate surface area is 198 Å². The van der Waals surface area contributed by atoms with E-state index in [2.05, 4.69) is 34.6 Å². The Balaban J connectivity index is 1.74. The zero-order valence-corrected chi connectivity index (χ0v) is 19.5. The summed E-state index contributed by atoms with van der Waals surface area (Å²) in [6.07, 6.45) is 4.33. The Bertz CT molecular complexity index is 1260. The van der Waals surface area contributed by atoms with Crippen molar-refractivity contribution in [2.75, 3.05) is 0 Å². The van der Waals surface area contributed by atoms with E-state index in [1.165, 1.54) is 5.56 Å². The van der Waals surface area contributed by atoms with Crippen molar-refractivity contribution in [3.05, 3.63) is 95.1 Å². The topological polar surface area (TPSA) is 101 Å². The minimum absolute atomic E-state index is 0.0441. The van der Waals surface area contributed by atoms with Crippen molar-refractivity contribution in [3.63, 3.8) is 0 Å². The summed E-state index contributed by atoms with van der Waals surface area (Å²) < 4.78 is 16.7. The van der Waals surface area contributed by atoms with Crippen molar-refractivity contribution in [1.82, 2.24) is 20.1 Å². The Hall–Kier alpha value is -3.78. The van der Waals surface area contributed by atoms with Gasteiger partial charge in [0.05, 0.1) is 11.6 Å². The quantitative estimate of drug-likeness (QED) is 0.210. The second-order valence-corrected chi connectivity index (χ2v) is 8.69. The number of benzene rings is 2. The predicted molar refractivity (Wildman–Crippen MR) is 131 cm³/mol. The van der Waals surface area contributed by atoms with E-state index in [0.29, 0.717) is 11.6 Å².